The zero-order chi connectivity index (χ0) is 29.1. The number of benzene rings is 1. The third kappa shape index (κ3) is 6.71. The molecule has 0 spiro atoms. The fourth-order valence-electron chi connectivity index (χ4n) is 5.76. The number of piperidine rings is 1. The summed E-state index contributed by atoms with van der Waals surface area (Å²) < 4.78 is 6.07. The SMILES string of the molecule is C=C(C)c1nc(C(N)=O)c(Nc2ccc(N3CCC(N4CCN(C)CC4)CC3)cc2)nc1O[C@@H]1CCN(C(=O)O)C1. The minimum Gasteiger partial charge on any atom is -0.471 e. The van der Waals surface area contributed by atoms with Gasteiger partial charge < -0.3 is 35.6 Å². The van der Waals surface area contributed by atoms with Crippen molar-refractivity contribution in [3.8, 4) is 5.88 Å². The Morgan fingerprint density at radius 1 is 1.00 bits per heavy atom. The second kappa shape index (κ2) is 12.3. The number of likely N-dealkylation sites (tertiary alicyclic amines) is 1. The summed E-state index contributed by atoms with van der Waals surface area (Å²) in [7, 11) is 2.19. The van der Waals surface area contributed by atoms with Gasteiger partial charge in [0, 0.05) is 69.7 Å². The molecule has 0 aliphatic carbocycles. The molecule has 0 unspecified atom stereocenters. The van der Waals surface area contributed by atoms with Crippen LogP contribution in [0.5, 0.6) is 5.88 Å². The molecule has 220 valence electrons. The molecule has 3 aliphatic heterocycles. The number of rotatable bonds is 8. The monoisotopic (exact) mass is 564 g/mol. The second-order valence-corrected chi connectivity index (χ2v) is 11.2. The third-order valence-corrected chi connectivity index (χ3v) is 8.21. The number of nitrogens with one attached hydrogen (secondary N) is 1. The van der Waals surface area contributed by atoms with Gasteiger partial charge in [0.1, 0.15) is 11.8 Å². The standard InChI is InChI=1S/C29H40N8O4/c1-19(2)24-28(41-23-10-13-37(18-23)29(39)40)33-27(25(32-24)26(30)38)31-20-4-6-21(7-5-20)35-11-8-22(9-12-35)36-16-14-34(3)15-17-36/h4-7,22-23H,1,8-18H2,2-3H3,(H2,30,38)(H,31,33)(H,39,40)/t23-/m1/s1. The van der Waals surface area contributed by atoms with E-state index in [1.54, 1.807) is 6.92 Å². The lowest BCUT2D eigenvalue weighted by Crippen LogP contribution is -2.52. The maximum atomic E-state index is 12.3. The maximum absolute atomic E-state index is 12.3. The van der Waals surface area contributed by atoms with Gasteiger partial charge in [-0.2, -0.15) is 4.98 Å². The molecular weight excluding hydrogens is 524 g/mol. The highest BCUT2D eigenvalue weighted by Gasteiger charge is 2.30. The van der Waals surface area contributed by atoms with Crippen molar-refractivity contribution in [1.29, 1.82) is 0 Å². The molecule has 4 N–H and O–H groups in total. The smallest absolute Gasteiger partial charge is 0.407 e. The Kier molecular flexibility index (Phi) is 8.60. The molecule has 2 amide bonds. The Morgan fingerprint density at radius 2 is 1.68 bits per heavy atom. The second-order valence-electron chi connectivity index (χ2n) is 11.2. The van der Waals surface area contributed by atoms with E-state index in [9.17, 15) is 14.7 Å². The number of likely N-dealkylation sites (N-methyl/N-ethyl adjacent to an activating group) is 1. The summed E-state index contributed by atoms with van der Waals surface area (Å²) in [6, 6.07) is 8.68. The van der Waals surface area contributed by atoms with Crippen molar-refractivity contribution in [3.05, 3.63) is 42.2 Å². The van der Waals surface area contributed by atoms with Gasteiger partial charge in [-0.3, -0.25) is 9.69 Å². The number of amides is 2. The van der Waals surface area contributed by atoms with Gasteiger partial charge in [0.2, 0.25) is 5.88 Å². The highest BCUT2D eigenvalue weighted by atomic mass is 16.5. The van der Waals surface area contributed by atoms with Gasteiger partial charge in [0.15, 0.2) is 11.5 Å². The molecule has 3 saturated heterocycles. The zero-order valence-corrected chi connectivity index (χ0v) is 23.9. The van der Waals surface area contributed by atoms with Crippen LogP contribution < -0.4 is 20.7 Å². The molecule has 0 radical (unpaired) electrons. The maximum Gasteiger partial charge on any atom is 0.407 e. The van der Waals surface area contributed by atoms with Crippen molar-refractivity contribution in [2.75, 3.05) is 69.6 Å². The molecule has 3 fully saturated rings. The lowest BCUT2D eigenvalue weighted by molar-refractivity contribution is 0.0982. The first kappa shape index (κ1) is 28.6. The van der Waals surface area contributed by atoms with Crippen LogP contribution in [0.25, 0.3) is 5.57 Å². The third-order valence-electron chi connectivity index (χ3n) is 8.21. The lowest BCUT2D eigenvalue weighted by atomic mass is 10.0. The first-order valence-corrected chi connectivity index (χ1v) is 14.2. The van der Waals surface area contributed by atoms with Crippen LogP contribution in [0.3, 0.4) is 0 Å². The van der Waals surface area contributed by atoms with Crippen LogP contribution >= 0.6 is 0 Å². The van der Waals surface area contributed by atoms with Gasteiger partial charge in [0.25, 0.3) is 5.91 Å². The number of primary amides is 1. The molecule has 0 saturated carbocycles. The Labute approximate surface area is 240 Å². The number of piperazine rings is 1. The molecule has 12 nitrogen and oxygen atoms in total. The van der Waals surface area contributed by atoms with E-state index in [2.05, 4.69) is 55.7 Å². The van der Waals surface area contributed by atoms with Gasteiger partial charge in [-0.05, 0) is 56.7 Å². The molecule has 41 heavy (non-hydrogen) atoms. The molecule has 12 heteroatoms. The first-order chi connectivity index (χ1) is 19.7. The molecule has 1 aromatic heterocycles. The molecule has 4 heterocycles. The predicted molar refractivity (Wildman–Crippen MR) is 158 cm³/mol. The number of carbonyl (C=O) groups is 2. The average molecular weight is 565 g/mol. The Hall–Kier alpha value is -3.90. The largest absolute Gasteiger partial charge is 0.471 e. The van der Waals surface area contributed by atoms with Crippen molar-refractivity contribution < 1.29 is 19.4 Å². The number of aromatic nitrogens is 2. The van der Waals surface area contributed by atoms with E-state index in [4.69, 9.17) is 10.5 Å². The highest BCUT2D eigenvalue weighted by molar-refractivity contribution is 5.96. The van der Waals surface area contributed by atoms with Crippen molar-refractivity contribution in [1.82, 2.24) is 24.7 Å². The molecule has 1 atom stereocenters. The fraction of sp³-hybridized carbons (Fsp3) is 0.517. The minimum atomic E-state index is -0.989. The summed E-state index contributed by atoms with van der Waals surface area (Å²) in [6.45, 7) is 12.9. The summed E-state index contributed by atoms with van der Waals surface area (Å²) in [5, 5.41) is 12.5. The number of anilines is 3. The quantitative estimate of drug-likeness (QED) is 0.438. The van der Waals surface area contributed by atoms with Crippen LogP contribution in [0.4, 0.5) is 22.0 Å². The van der Waals surface area contributed by atoms with E-state index in [1.807, 2.05) is 12.1 Å². The number of hydrogen-bond donors (Lipinski definition) is 3. The van der Waals surface area contributed by atoms with Gasteiger partial charge >= 0.3 is 6.09 Å². The normalized spacial score (nSPS) is 20.7. The summed E-state index contributed by atoms with van der Waals surface area (Å²) in [6.07, 6.45) is 1.47. The summed E-state index contributed by atoms with van der Waals surface area (Å²) in [5.41, 5.74) is 8.38. The molecule has 2 aromatic rings. The number of carboxylic acid groups (broad SMARTS) is 1. The minimum absolute atomic E-state index is 0.0241. The number of allylic oxidation sites excluding steroid dienone is 1. The van der Waals surface area contributed by atoms with Crippen LogP contribution in [0.1, 0.15) is 42.4 Å². The zero-order valence-electron chi connectivity index (χ0n) is 23.9. The molecular formula is C29H40N8O4. The molecule has 0 bridgehead atoms. The topological polar surface area (TPSA) is 140 Å². The Bertz CT molecular complexity index is 1270. The highest BCUT2D eigenvalue weighted by Crippen LogP contribution is 2.30. The van der Waals surface area contributed by atoms with Crippen LogP contribution in [-0.4, -0.2) is 113 Å². The Balaban J connectivity index is 1.27. The first-order valence-electron chi connectivity index (χ1n) is 14.2. The van der Waals surface area contributed by atoms with Crippen LogP contribution in [-0.2, 0) is 0 Å². The van der Waals surface area contributed by atoms with E-state index in [0.29, 0.717) is 30.3 Å². The number of nitrogens with zero attached hydrogens (tertiary/aromatic N) is 6. The van der Waals surface area contributed by atoms with E-state index in [-0.39, 0.29) is 30.0 Å². The van der Waals surface area contributed by atoms with E-state index >= 15 is 0 Å². The summed E-state index contributed by atoms with van der Waals surface area (Å²) in [4.78, 5) is 41.4. The van der Waals surface area contributed by atoms with Crippen molar-refractivity contribution in [2.24, 2.45) is 5.73 Å². The van der Waals surface area contributed by atoms with E-state index < -0.39 is 12.0 Å². The van der Waals surface area contributed by atoms with Crippen molar-refractivity contribution in [2.45, 2.75) is 38.3 Å². The van der Waals surface area contributed by atoms with E-state index in [1.165, 1.54) is 4.90 Å². The molecule has 3 aliphatic rings. The van der Waals surface area contributed by atoms with Crippen LogP contribution in [0.2, 0.25) is 0 Å². The van der Waals surface area contributed by atoms with Gasteiger partial charge in [0.05, 0.1) is 6.54 Å². The lowest BCUT2D eigenvalue weighted by Gasteiger charge is -2.42. The van der Waals surface area contributed by atoms with Gasteiger partial charge in [-0.15, -0.1) is 0 Å². The van der Waals surface area contributed by atoms with Gasteiger partial charge in [-0.1, -0.05) is 6.58 Å². The van der Waals surface area contributed by atoms with Gasteiger partial charge in [-0.25, -0.2) is 9.78 Å². The number of nitrogens with two attached hydrogens (primary N) is 1. The molecule has 5 rings (SSSR count). The van der Waals surface area contributed by atoms with Crippen molar-refractivity contribution in [3.63, 3.8) is 0 Å². The number of hydrogen-bond acceptors (Lipinski definition) is 9. The van der Waals surface area contributed by atoms with Crippen LogP contribution in [0, 0.1) is 0 Å². The van der Waals surface area contributed by atoms with Crippen LogP contribution in [0.15, 0.2) is 30.8 Å². The number of ether oxygens (including phenoxy) is 1. The predicted octanol–water partition coefficient (Wildman–Crippen LogP) is 2.70. The fourth-order valence-corrected chi connectivity index (χ4v) is 5.76. The summed E-state index contributed by atoms with van der Waals surface area (Å²) in [5.74, 6) is -0.375. The summed E-state index contributed by atoms with van der Waals surface area (Å²) >= 11 is 0. The van der Waals surface area contributed by atoms with Crippen molar-refractivity contribution >= 4 is 34.8 Å². The average Bonchev–Trinajstić information content (AvgIpc) is 3.43. The van der Waals surface area contributed by atoms with E-state index in [0.717, 1.165) is 63.5 Å². The Morgan fingerprint density at radius 3 is 2.27 bits per heavy atom. The molecule has 1 aromatic carbocycles. The number of carbonyl (C=O) groups excluding carboxylic acids is 1.